The number of ether oxygens (including phenoxy) is 1. The molecule has 8 nitrogen and oxygen atoms in total. The van der Waals surface area contributed by atoms with Crippen molar-refractivity contribution in [3.8, 4) is 0 Å². The number of rotatable bonds is 6. The van der Waals surface area contributed by atoms with Crippen LogP contribution >= 0.6 is 34.8 Å². The number of fused-ring (bicyclic) bond motifs is 2. The van der Waals surface area contributed by atoms with Gasteiger partial charge in [0, 0.05) is 44.0 Å². The van der Waals surface area contributed by atoms with Crippen molar-refractivity contribution in [1.82, 2.24) is 29.2 Å². The summed E-state index contributed by atoms with van der Waals surface area (Å²) < 4.78 is 8.54. The highest BCUT2D eigenvalue weighted by atomic mass is 35.5. The lowest BCUT2D eigenvalue weighted by Crippen LogP contribution is -2.15. The van der Waals surface area contributed by atoms with E-state index in [1.54, 1.807) is 36.2 Å². The number of hydrogen-bond donors (Lipinski definition) is 0. The number of nitrogens with zero attached hydrogens (tertiary/aromatic N) is 6. The zero-order valence-corrected chi connectivity index (χ0v) is 17.7. The molecule has 0 aliphatic heterocycles. The maximum atomic E-state index is 12.8. The van der Waals surface area contributed by atoms with Crippen LogP contribution in [0.5, 0.6) is 0 Å². The molecule has 0 N–H and O–H groups in total. The standard InChI is InChI=1S/C18H15Cl3N6O2/c1-9(29-2)16-11(7-22-15-6-14(20)24-27(15)16)5-12(28)3-10-4-13(19)17-23-18(21)25-26(17)8-10/h4,6-9H,3,5H2,1-2H3/t9-/m0/s1. The van der Waals surface area contributed by atoms with Crippen molar-refractivity contribution >= 4 is 51.9 Å². The van der Waals surface area contributed by atoms with E-state index >= 15 is 0 Å². The summed E-state index contributed by atoms with van der Waals surface area (Å²) in [7, 11) is 1.59. The molecule has 4 aromatic rings. The third-order valence-electron chi connectivity index (χ3n) is 4.52. The van der Waals surface area contributed by atoms with Gasteiger partial charge >= 0.3 is 0 Å². The molecule has 0 aromatic carbocycles. The predicted octanol–water partition coefficient (Wildman–Crippen LogP) is 3.79. The SMILES string of the molecule is CO[C@@H](C)c1c(CC(=O)Cc2cc(Cl)c3nc(Cl)nn3c2)cnc2cc(Cl)nn12. The Balaban J connectivity index is 1.64. The summed E-state index contributed by atoms with van der Waals surface area (Å²) in [4.78, 5) is 21.2. The van der Waals surface area contributed by atoms with Gasteiger partial charge in [-0.25, -0.2) is 14.0 Å². The quantitative estimate of drug-likeness (QED) is 0.441. The Bertz CT molecular complexity index is 1240. The second kappa shape index (κ2) is 7.87. The molecule has 29 heavy (non-hydrogen) atoms. The van der Waals surface area contributed by atoms with Crippen LogP contribution in [0, 0.1) is 0 Å². The maximum absolute atomic E-state index is 12.8. The highest BCUT2D eigenvalue weighted by molar-refractivity contribution is 6.34. The Hall–Kier alpha value is -2.26. The lowest BCUT2D eigenvalue weighted by Gasteiger charge is -2.16. The number of pyridine rings is 1. The summed E-state index contributed by atoms with van der Waals surface area (Å²) in [6, 6.07) is 3.34. The van der Waals surface area contributed by atoms with Crippen molar-refractivity contribution in [3.05, 3.63) is 56.8 Å². The van der Waals surface area contributed by atoms with Crippen molar-refractivity contribution < 1.29 is 9.53 Å². The Labute approximate surface area is 180 Å². The van der Waals surface area contributed by atoms with E-state index in [1.807, 2.05) is 6.92 Å². The van der Waals surface area contributed by atoms with Crippen LogP contribution in [0.25, 0.3) is 11.3 Å². The second-order valence-electron chi connectivity index (χ2n) is 6.52. The number of carbonyl (C=O) groups is 1. The van der Waals surface area contributed by atoms with Gasteiger partial charge in [0.1, 0.15) is 5.78 Å². The average molecular weight is 454 g/mol. The fourth-order valence-corrected chi connectivity index (χ4v) is 3.81. The van der Waals surface area contributed by atoms with Crippen molar-refractivity contribution in [1.29, 1.82) is 0 Å². The molecule has 0 unspecified atom stereocenters. The van der Waals surface area contributed by atoms with E-state index in [1.165, 1.54) is 4.52 Å². The van der Waals surface area contributed by atoms with E-state index in [0.717, 1.165) is 5.69 Å². The summed E-state index contributed by atoms with van der Waals surface area (Å²) in [6.07, 6.45) is 3.35. The number of carbonyl (C=O) groups excluding carboxylic acids is 1. The first-order chi connectivity index (χ1) is 13.9. The number of halogens is 3. The van der Waals surface area contributed by atoms with Crippen LogP contribution in [0.1, 0.15) is 29.8 Å². The molecule has 4 rings (SSSR count). The molecule has 0 fully saturated rings. The minimum absolute atomic E-state index is 0.0319. The van der Waals surface area contributed by atoms with Crippen molar-refractivity contribution in [2.45, 2.75) is 25.9 Å². The van der Waals surface area contributed by atoms with E-state index in [9.17, 15) is 4.79 Å². The van der Waals surface area contributed by atoms with Crippen LogP contribution in [-0.4, -0.2) is 42.1 Å². The molecule has 0 bridgehead atoms. The molecule has 0 saturated carbocycles. The van der Waals surface area contributed by atoms with Gasteiger partial charge in [-0.3, -0.25) is 4.79 Å². The molecule has 1 atom stereocenters. The Morgan fingerprint density at radius 2 is 2.00 bits per heavy atom. The maximum Gasteiger partial charge on any atom is 0.243 e. The molecule has 0 radical (unpaired) electrons. The molecular formula is C18H15Cl3N6O2. The van der Waals surface area contributed by atoms with E-state index in [2.05, 4.69) is 20.2 Å². The number of Topliss-reactive ketones (excluding diaryl/α,β-unsaturated/α-hetero) is 1. The summed E-state index contributed by atoms with van der Waals surface area (Å²) in [5, 5.41) is 9.08. The Morgan fingerprint density at radius 1 is 1.21 bits per heavy atom. The Morgan fingerprint density at radius 3 is 2.76 bits per heavy atom. The zero-order chi connectivity index (χ0) is 20.7. The normalized spacial score (nSPS) is 12.7. The van der Waals surface area contributed by atoms with Crippen molar-refractivity contribution in [3.63, 3.8) is 0 Å². The van der Waals surface area contributed by atoms with E-state index in [4.69, 9.17) is 39.5 Å². The first kappa shape index (κ1) is 20.0. The molecular weight excluding hydrogens is 439 g/mol. The molecule has 0 amide bonds. The minimum atomic E-state index is -0.303. The van der Waals surface area contributed by atoms with Crippen LogP contribution in [0.4, 0.5) is 0 Å². The molecule has 0 spiro atoms. The van der Waals surface area contributed by atoms with Gasteiger partial charge in [0.25, 0.3) is 0 Å². The predicted molar refractivity (Wildman–Crippen MR) is 109 cm³/mol. The zero-order valence-electron chi connectivity index (χ0n) is 15.4. The van der Waals surface area contributed by atoms with Crippen LogP contribution < -0.4 is 0 Å². The van der Waals surface area contributed by atoms with Gasteiger partial charge in [-0.2, -0.15) is 10.1 Å². The van der Waals surface area contributed by atoms with Gasteiger partial charge in [-0.05, 0) is 30.2 Å². The Kier molecular flexibility index (Phi) is 5.44. The third kappa shape index (κ3) is 3.93. The first-order valence-corrected chi connectivity index (χ1v) is 9.77. The molecule has 0 aliphatic rings. The van der Waals surface area contributed by atoms with Gasteiger partial charge in [-0.15, -0.1) is 5.10 Å². The number of methoxy groups -OCH3 is 1. The minimum Gasteiger partial charge on any atom is -0.375 e. The van der Waals surface area contributed by atoms with Crippen LogP contribution in [0.3, 0.4) is 0 Å². The monoisotopic (exact) mass is 452 g/mol. The topological polar surface area (TPSA) is 86.7 Å². The number of hydrogen-bond acceptors (Lipinski definition) is 6. The number of aromatic nitrogens is 6. The number of ketones is 1. The van der Waals surface area contributed by atoms with Gasteiger partial charge in [0.2, 0.25) is 5.28 Å². The van der Waals surface area contributed by atoms with E-state index in [-0.39, 0.29) is 30.0 Å². The third-order valence-corrected chi connectivity index (χ3v) is 5.14. The first-order valence-electron chi connectivity index (χ1n) is 8.63. The molecule has 150 valence electrons. The van der Waals surface area contributed by atoms with Crippen LogP contribution in [-0.2, 0) is 22.4 Å². The summed E-state index contributed by atoms with van der Waals surface area (Å²) >= 11 is 18.1. The second-order valence-corrected chi connectivity index (χ2v) is 7.65. The van der Waals surface area contributed by atoms with E-state index < -0.39 is 0 Å². The highest BCUT2D eigenvalue weighted by Crippen LogP contribution is 2.24. The molecule has 0 saturated heterocycles. The molecule has 4 aromatic heterocycles. The fraction of sp³-hybridized carbons (Fsp3) is 0.278. The summed E-state index contributed by atoms with van der Waals surface area (Å²) in [5.41, 5.74) is 3.17. The lowest BCUT2D eigenvalue weighted by molar-refractivity contribution is -0.117. The van der Waals surface area contributed by atoms with Crippen molar-refractivity contribution in [2.75, 3.05) is 7.11 Å². The van der Waals surface area contributed by atoms with Gasteiger partial charge in [0.15, 0.2) is 16.4 Å². The highest BCUT2D eigenvalue weighted by Gasteiger charge is 2.20. The van der Waals surface area contributed by atoms with Gasteiger partial charge in [0.05, 0.1) is 16.8 Å². The van der Waals surface area contributed by atoms with Gasteiger partial charge < -0.3 is 4.74 Å². The fourth-order valence-electron chi connectivity index (χ4n) is 3.21. The molecule has 0 aliphatic carbocycles. The summed E-state index contributed by atoms with van der Waals surface area (Å²) in [6.45, 7) is 1.88. The summed E-state index contributed by atoms with van der Waals surface area (Å²) in [5.74, 6) is -0.0319. The van der Waals surface area contributed by atoms with Crippen molar-refractivity contribution in [2.24, 2.45) is 0 Å². The van der Waals surface area contributed by atoms with Crippen LogP contribution in [0.2, 0.25) is 15.5 Å². The van der Waals surface area contributed by atoms with Gasteiger partial charge in [-0.1, -0.05) is 23.2 Å². The molecule has 4 heterocycles. The lowest BCUT2D eigenvalue weighted by atomic mass is 10.0. The largest absolute Gasteiger partial charge is 0.375 e. The molecule has 11 heteroatoms. The average Bonchev–Trinajstić information content (AvgIpc) is 3.22. The van der Waals surface area contributed by atoms with Crippen LogP contribution in [0.15, 0.2) is 24.5 Å². The smallest absolute Gasteiger partial charge is 0.243 e. The van der Waals surface area contributed by atoms with E-state index in [0.29, 0.717) is 32.6 Å².